The lowest BCUT2D eigenvalue weighted by Crippen LogP contribution is -2.43. The standard InChI is InChI=1S/C16H25NO2S/c1-11(2)14(5)17(15-7-8-15)20(18,19)16-9-6-12(3)13(4)10-16/h6,9-11,14-15H,7-8H2,1-5H3/t14-/m1/s1. The summed E-state index contributed by atoms with van der Waals surface area (Å²) in [5.41, 5.74) is 2.15. The summed E-state index contributed by atoms with van der Waals surface area (Å²) in [6.07, 6.45) is 1.97. The molecular weight excluding hydrogens is 270 g/mol. The Hall–Kier alpha value is -0.870. The molecule has 0 aliphatic heterocycles. The van der Waals surface area contributed by atoms with Gasteiger partial charge in [-0.2, -0.15) is 4.31 Å². The van der Waals surface area contributed by atoms with Gasteiger partial charge in [-0.3, -0.25) is 0 Å². The summed E-state index contributed by atoms with van der Waals surface area (Å²) in [6.45, 7) is 10.1. The molecule has 1 aliphatic carbocycles. The average Bonchev–Trinajstić information content (AvgIpc) is 3.16. The third kappa shape index (κ3) is 2.91. The fraction of sp³-hybridized carbons (Fsp3) is 0.625. The topological polar surface area (TPSA) is 37.4 Å². The van der Waals surface area contributed by atoms with E-state index in [2.05, 4.69) is 13.8 Å². The van der Waals surface area contributed by atoms with Crippen LogP contribution >= 0.6 is 0 Å². The molecule has 1 aliphatic rings. The van der Waals surface area contributed by atoms with E-state index in [1.807, 2.05) is 26.8 Å². The van der Waals surface area contributed by atoms with Crippen LogP contribution in [0.5, 0.6) is 0 Å². The van der Waals surface area contributed by atoms with Crippen LogP contribution in [0.25, 0.3) is 0 Å². The van der Waals surface area contributed by atoms with Gasteiger partial charge in [-0.05, 0) is 62.8 Å². The quantitative estimate of drug-likeness (QED) is 0.833. The molecule has 0 bridgehead atoms. The number of aryl methyl sites for hydroxylation is 2. The van der Waals surface area contributed by atoms with Crippen molar-refractivity contribution in [2.45, 2.75) is 64.4 Å². The van der Waals surface area contributed by atoms with Gasteiger partial charge < -0.3 is 0 Å². The lowest BCUT2D eigenvalue weighted by atomic mass is 10.1. The lowest BCUT2D eigenvalue weighted by molar-refractivity contribution is 0.269. The van der Waals surface area contributed by atoms with E-state index in [4.69, 9.17) is 0 Å². The van der Waals surface area contributed by atoms with Gasteiger partial charge in [0.05, 0.1) is 4.90 Å². The number of hydrogen-bond acceptors (Lipinski definition) is 2. The molecule has 1 atom stereocenters. The van der Waals surface area contributed by atoms with Crippen LogP contribution in [0.1, 0.15) is 44.7 Å². The maximum atomic E-state index is 12.9. The van der Waals surface area contributed by atoms with Crippen molar-refractivity contribution in [3.05, 3.63) is 29.3 Å². The maximum Gasteiger partial charge on any atom is 0.243 e. The monoisotopic (exact) mass is 295 g/mol. The van der Waals surface area contributed by atoms with Crippen LogP contribution in [0.4, 0.5) is 0 Å². The molecule has 0 amide bonds. The van der Waals surface area contributed by atoms with Crippen LogP contribution in [0, 0.1) is 19.8 Å². The molecular formula is C16H25NO2S. The summed E-state index contributed by atoms with van der Waals surface area (Å²) < 4.78 is 27.6. The molecule has 112 valence electrons. The van der Waals surface area contributed by atoms with Crippen molar-refractivity contribution in [2.75, 3.05) is 0 Å². The average molecular weight is 295 g/mol. The van der Waals surface area contributed by atoms with Crippen LogP contribution in [-0.4, -0.2) is 24.8 Å². The molecule has 0 unspecified atom stereocenters. The second-order valence-corrected chi connectivity index (χ2v) is 8.14. The molecule has 0 N–H and O–H groups in total. The Morgan fingerprint density at radius 1 is 1.10 bits per heavy atom. The second kappa shape index (κ2) is 5.49. The number of rotatable bonds is 5. The van der Waals surface area contributed by atoms with Crippen LogP contribution in [-0.2, 0) is 10.0 Å². The van der Waals surface area contributed by atoms with Gasteiger partial charge in [-0.25, -0.2) is 8.42 Å². The summed E-state index contributed by atoms with van der Waals surface area (Å²) in [6, 6.07) is 5.66. The minimum absolute atomic E-state index is 0.0362. The van der Waals surface area contributed by atoms with Gasteiger partial charge in [-0.1, -0.05) is 19.9 Å². The third-order valence-corrected chi connectivity index (χ3v) is 6.36. The van der Waals surface area contributed by atoms with Crippen molar-refractivity contribution < 1.29 is 8.42 Å². The molecule has 1 saturated carbocycles. The van der Waals surface area contributed by atoms with Gasteiger partial charge in [-0.15, -0.1) is 0 Å². The predicted molar refractivity (Wildman–Crippen MR) is 82.3 cm³/mol. The SMILES string of the molecule is Cc1ccc(S(=O)(=O)N(C2CC2)[C@H](C)C(C)C)cc1C. The fourth-order valence-corrected chi connectivity index (χ4v) is 4.46. The molecule has 0 heterocycles. The van der Waals surface area contributed by atoms with Crippen LogP contribution < -0.4 is 0 Å². The zero-order chi connectivity index (χ0) is 15.1. The van der Waals surface area contributed by atoms with Gasteiger partial charge >= 0.3 is 0 Å². The van der Waals surface area contributed by atoms with Crippen LogP contribution in [0.3, 0.4) is 0 Å². The first-order chi connectivity index (χ1) is 9.25. The van der Waals surface area contributed by atoms with Crippen LogP contribution in [0.2, 0.25) is 0 Å². The third-order valence-electron chi connectivity index (χ3n) is 4.33. The normalized spacial score (nSPS) is 17.8. The zero-order valence-corrected chi connectivity index (χ0v) is 13.9. The molecule has 3 nitrogen and oxygen atoms in total. The number of sulfonamides is 1. The summed E-state index contributed by atoms with van der Waals surface area (Å²) >= 11 is 0. The minimum Gasteiger partial charge on any atom is -0.207 e. The smallest absolute Gasteiger partial charge is 0.207 e. The molecule has 0 radical (unpaired) electrons. The van der Waals surface area contributed by atoms with Crippen LogP contribution in [0.15, 0.2) is 23.1 Å². The molecule has 0 saturated heterocycles. The highest BCUT2D eigenvalue weighted by atomic mass is 32.2. The fourth-order valence-electron chi connectivity index (χ4n) is 2.37. The Bertz CT molecular complexity index is 588. The summed E-state index contributed by atoms with van der Waals surface area (Å²) in [7, 11) is -3.39. The molecule has 20 heavy (non-hydrogen) atoms. The Balaban J connectivity index is 2.42. The van der Waals surface area contributed by atoms with E-state index in [0.717, 1.165) is 24.0 Å². The Morgan fingerprint density at radius 2 is 1.70 bits per heavy atom. The van der Waals surface area contributed by atoms with E-state index in [-0.39, 0.29) is 12.1 Å². The van der Waals surface area contributed by atoms with E-state index in [1.54, 1.807) is 16.4 Å². The summed E-state index contributed by atoms with van der Waals surface area (Å²) in [5.74, 6) is 0.317. The van der Waals surface area contributed by atoms with Gasteiger partial charge in [0.25, 0.3) is 0 Å². The summed E-state index contributed by atoms with van der Waals surface area (Å²) in [5, 5.41) is 0. The lowest BCUT2D eigenvalue weighted by Gasteiger charge is -2.31. The van der Waals surface area contributed by atoms with Crippen molar-refractivity contribution in [1.29, 1.82) is 0 Å². The molecule has 0 spiro atoms. The summed E-state index contributed by atoms with van der Waals surface area (Å²) in [4.78, 5) is 0.431. The molecule has 4 heteroatoms. The van der Waals surface area contributed by atoms with Gasteiger partial charge in [0.2, 0.25) is 10.0 Å². The van der Waals surface area contributed by atoms with E-state index in [0.29, 0.717) is 10.8 Å². The first-order valence-corrected chi connectivity index (χ1v) is 8.80. The van der Waals surface area contributed by atoms with E-state index < -0.39 is 10.0 Å². The molecule has 2 rings (SSSR count). The minimum atomic E-state index is -3.39. The Labute approximate surface area is 123 Å². The van der Waals surface area contributed by atoms with Crippen molar-refractivity contribution in [1.82, 2.24) is 4.31 Å². The highest BCUT2D eigenvalue weighted by Crippen LogP contribution is 2.35. The van der Waals surface area contributed by atoms with Gasteiger partial charge in [0, 0.05) is 12.1 Å². The Morgan fingerprint density at radius 3 is 2.15 bits per heavy atom. The predicted octanol–water partition coefficient (Wildman–Crippen LogP) is 3.50. The van der Waals surface area contributed by atoms with Crippen molar-refractivity contribution in [3.63, 3.8) is 0 Å². The highest BCUT2D eigenvalue weighted by Gasteiger charge is 2.41. The first-order valence-electron chi connectivity index (χ1n) is 7.36. The first kappa shape index (κ1) is 15.5. The van der Waals surface area contributed by atoms with Gasteiger partial charge in [0.15, 0.2) is 0 Å². The van der Waals surface area contributed by atoms with E-state index in [9.17, 15) is 8.42 Å². The number of benzene rings is 1. The maximum absolute atomic E-state index is 12.9. The highest BCUT2D eigenvalue weighted by molar-refractivity contribution is 7.89. The molecule has 1 fully saturated rings. The zero-order valence-electron chi connectivity index (χ0n) is 13.1. The molecule has 0 aromatic heterocycles. The number of hydrogen-bond donors (Lipinski definition) is 0. The Kier molecular flexibility index (Phi) is 4.26. The molecule has 1 aromatic rings. The van der Waals surface area contributed by atoms with E-state index >= 15 is 0 Å². The largest absolute Gasteiger partial charge is 0.243 e. The van der Waals surface area contributed by atoms with Crippen molar-refractivity contribution in [3.8, 4) is 0 Å². The second-order valence-electron chi connectivity index (χ2n) is 6.30. The molecule has 1 aromatic carbocycles. The van der Waals surface area contributed by atoms with Crippen molar-refractivity contribution >= 4 is 10.0 Å². The van der Waals surface area contributed by atoms with Crippen molar-refractivity contribution in [2.24, 2.45) is 5.92 Å². The van der Waals surface area contributed by atoms with Gasteiger partial charge in [0.1, 0.15) is 0 Å². The number of nitrogens with zero attached hydrogens (tertiary/aromatic N) is 1. The van der Waals surface area contributed by atoms with E-state index in [1.165, 1.54) is 0 Å².